The Hall–Kier alpha value is -0.120. The van der Waals surface area contributed by atoms with Gasteiger partial charge in [0, 0.05) is 19.2 Å². The van der Waals surface area contributed by atoms with Crippen LogP contribution in [-0.4, -0.2) is 49.8 Å². The summed E-state index contributed by atoms with van der Waals surface area (Å²) in [6.07, 6.45) is 5.55. The third-order valence-corrected chi connectivity index (χ3v) is 3.72. The highest BCUT2D eigenvalue weighted by Crippen LogP contribution is 2.15. The molecule has 0 aromatic carbocycles. The molecule has 1 saturated heterocycles. The molecule has 1 rings (SSSR count). The Morgan fingerprint density at radius 3 is 2.82 bits per heavy atom. The first-order valence-electron chi connectivity index (χ1n) is 7.34. The van der Waals surface area contributed by atoms with Crippen LogP contribution in [0.5, 0.6) is 0 Å². The van der Waals surface area contributed by atoms with Crippen LogP contribution >= 0.6 is 0 Å². The van der Waals surface area contributed by atoms with Gasteiger partial charge >= 0.3 is 0 Å². The van der Waals surface area contributed by atoms with Crippen LogP contribution in [0.25, 0.3) is 0 Å². The molecule has 3 heteroatoms. The first-order chi connectivity index (χ1) is 8.27. The normalized spacial score (nSPS) is 22.2. The molecular formula is C14H30N2O. The molecule has 1 heterocycles. The molecule has 1 aliphatic rings. The van der Waals surface area contributed by atoms with Crippen molar-refractivity contribution >= 4 is 0 Å². The highest BCUT2D eigenvalue weighted by atomic mass is 16.5. The van der Waals surface area contributed by atoms with Crippen molar-refractivity contribution < 1.29 is 4.74 Å². The average molecular weight is 242 g/mol. The van der Waals surface area contributed by atoms with E-state index in [0.717, 1.165) is 32.8 Å². The molecule has 2 unspecified atom stereocenters. The van der Waals surface area contributed by atoms with Crippen molar-refractivity contribution in [1.82, 2.24) is 10.2 Å². The molecule has 1 N–H and O–H groups in total. The van der Waals surface area contributed by atoms with Crippen LogP contribution < -0.4 is 5.32 Å². The van der Waals surface area contributed by atoms with Crippen LogP contribution in [0.3, 0.4) is 0 Å². The second-order valence-electron chi connectivity index (χ2n) is 5.07. The number of nitrogens with one attached hydrogen (secondary N) is 1. The Balaban J connectivity index is 2.17. The van der Waals surface area contributed by atoms with Crippen molar-refractivity contribution in [3.05, 3.63) is 0 Å². The Kier molecular flexibility index (Phi) is 7.82. The summed E-state index contributed by atoms with van der Waals surface area (Å²) >= 11 is 0. The molecule has 0 aromatic heterocycles. The lowest BCUT2D eigenvalue weighted by Gasteiger charge is -2.30. The summed E-state index contributed by atoms with van der Waals surface area (Å²) in [6.45, 7) is 12.2. The van der Waals surface area contributed by atoms with Crippen LogP contribution in [0.1, 0.15) is 46.5 Å². The van der Waals surface area contributed by atoms with Gasteiger partial charge in [-0.2, -0.15) is 0 Å². The van der Waals surface area contributed by atoms with E-state index in [-0.39, 0.29) is 0 Å². The molecule has 0 aromatic rings. The van der Waals surface area contributed by atoms with Gasteiger partial charge in [-0.3, -0.25) is 4.90 Å². The monoisotopic (exact) mass is 242 g/mol. The molecule has 102 valence electrons. The number of hydrogen-bond donors (Lipinski definition) is 1. The summed E-state index contributed by atoms with van der Waals surface area (Å²) in [6, 6.07) is 0.683. The molecule has 3 nitrogen and oxygen atoms in total. The van der Waals surface area contributed by atoms with Gasteiger partial charge in [-0.15, -0.1) is 0 Å². The Bertz CT molecular complexity index is 181. The number of rotatable bonds is 9. The van der Waals surface area contributed by atoms with Gasteiger partial charge in [0.25, 0.3) is 0 Å². The quantitative estimate of drug-likeness (QED) is 0.628. The summed E-state index contributed by atoms with van der Waals surface area (Å²) in [5.74, 6) is 0. The summed E-state index contributed by atoms with van der Waals surface area (Å²) in [4.78, 5) is 2.57. The second kappa shape index (κ2) is 8.90. The summed E-state index contributed by atoms with van der Waals surface area (Å²) in [5, 5.41) is 3.39. The van der Waals surface area contributed by atoms with Crippen LogP contribution in [0.2, 0.25) is 0 Å². The van der Waals surface area contributed by atoms with Crippen molar-refractivity contribution in [2.75, 3.05) is 32.8 Å². The molecule has 0 aliphatic carbocycles. The molecule has 17 heavy (non-hydrogen) atoms. The van der Waals surface area contributed by atoms with Gasteiger partial charge in [-0.25, -0.2) is 0 Å². The zero-order valence-electron chi connectivity index (χ0n) is 11.9. The van der Waals surface area contributed by atoms with Gasteiger partial charge < -0.3 is 10.1 Å². The van der Waals surface area contributed by atoms with Crippen molar-refractivity contribution in [1.29, 1.82) is 0 Å². The summed E-state index contributed by atoms with van der Waals surface area (Å²) in [7, 11) is 0. The van der Waals surface area contributed by atoms with E-state index in [1.807, 2.05) is 0 Å². The first kappa shape index (κ1) is 14.9. The molecule has 0 bridgehead atoms. The van der Waals surface area contributed by atoms with Gasteiger partial charge in [0.1, 0.15) is 0 Å². The smallest absolute Gasteiger partial charge is 0.0702 e. The first-order valence-corrected chi connectivity index (χ1v) is 7.34. The fourth-order valence-corrected chi connectivity index (χ4v) is 2.55. The minimum absolute atomic E-state index is 0.492. The maximum absolute atomic E-state index is 5.72. The predicted molar refractivity (Wildman–Crippen MR) is 73.5 cm³/mol. The lowest BCUT2D eigenvalue weighted by molar-refractivity contribution is 0.0602. The van der Waals surface area contributed by atoms with Gasteiger partial charge in [0.05, 0.1) is 6.10 Å². The number of likely N-dealkylation sites (N-methyl/N-ethyl adjacent to an activating group) is 1. The Morgan fingerprint density at radius 1 is 1.41 bits per heavy atom. The summed E-state index contributed by atoms with van der Waals surface area (Å²) < 4.78 is 5.72. The second-order valence-corrected chi connectivity index (χ2v) is 5.07. The third kappa shape index (κ3) is 5.84. The van der Waals surface area contributed by atoms with E-state index in [4.69, 9.17) is 4.74 Å². The molecular weight excluding hydrogens is 212 g/mol. The highest BCUT2D eigenvalue weighted by Gasteiger charge is 2.21. The van der Waals surface area contributed by atoms with Crippen LogP contribution in [0, 0.1) is 0 Å². The average Bonchev–Trinajstić information content (AvgIpc) is 2.84. The minimum Gasteiger partial charge on any atom is -0.377 e. The van der Waals surface area contributed by atoms with Gasteiger partial charge in [-0.05, 0) is 52.2 Å². The zero-order chi connectivity index (χ0) is 12.5. The van der Waals surface area contributed by atoms with E-state index in [0.29, 0.717) is 12.1 Å². The van der Waals surface area contributed by atoms with E-state index in [9.17, 15) is 0 Å². The van der Waals surface area contributed by atoms with Crippen LogP contribution in [0.15, 0.2) is 0 Å². The Labute approximate surface area is 107 Å². The zero-order valence-corrected chi connectivity index (χ0v) is 11.9. The molecule has 0 radical (unpaired) electrons. The lowest BCUT2D eigenvalue weighted by Crippen LogP contribution is -2.39. The molecule has 1 aliphatic heterocycles. The van der Waals surface area contributed by atoms with Crippen molar-refractivity contribution in [2.45, 2.75) is 58.6 Å². The van der Waals surface area contributed by atoms with E-state index in [2.05, 4.69) is 31.0 Å². The molecule has 2 atom stereocenters. The largest absolute Gasteiger partial charge is 0.377 e. The van der Waals surface area contributed by atoms with Gasteiger partial charge in [0.2, 0.25) is 0 Å². The molecule has 1 fully saturated rings. The van der Waals surface area contributed by atoms with Crippen molar-refractivity contribution in [2.24, 2.45) is 0 Å². The maximum atomic E-state index is 5.72. The van der Waals surface area contributed by atoms with Gasteiger partial charge in [-0.1, -0.05) is 13.8 Å². The van der Waals surface area contributed by atoms with Gasteiger partial charge in [0.15, 0.2) is 0 Å². The highest BCUT2D eigenvalue weighted by molar-refractivity contribution is 4.74. The lowest BCUT2D eigenvalue weighted by atomic mass is 10.1. The van der Waals surface area contributed by atoms with Crippen molar-refractivity contribution in [3.8, 4) is 0 Å². The number of ether oxygens (including phenoxy) is 1. The fraction of sp³-hybridized carbons (Fsp3) is 1.00. The number of nitrogens with zero attached hydrogens (tertiary/aromatic N) is 1. The van der Waals surface area contributed by atoms with E-state index in [1.165, 1.54) is 25.7 Å². The van der Waals surface area contributed by atoms with E-state index in [1.54, 1.807) is 0 Å². The number of hydrogen-bond acceptors (Lipinski definition) is 3. The Morgan fingerprint density at radius 2 is 2.24 bits per heavy atom. The van der Waals surface area contributed by atoms with Crippen molar-refractivity contribution in [3.63, 3.8) is 0 Å². The maximum Gasteiger partial charge on any atom is 0.0702 e. The fourth-order valence-electron chi connectivity index (χ4n) is 2.55. The standard InChI is InChI=1S/C14H30N2O/c1-4-15-10-6-8-13(3)16(5-2)12-14-9-7-11-17-14/h13-15H,4-12H2,1-3H3. The molecule has 0 saturated carbocycles. The van der Waals surface area contributed by atoms with E-state index >= 15 is 0 Å². The van der Waals surface area contributed by atoms with E-state index < -0.39 is 0 Å². The van der Waals surface area contributed by atoms with Crippen LogP contribution in [-0.2, 0) is 4.74 Å². The molecule has 0 spiro atoms. The topological polar surface area (TPSA) is 24.5 Å². The SMILES string of the molecule is CCNCCCC(C)N(CC)CC1CCCO1. The minimum atomic E-state index is 0.492. The summed E-state index contributed by atoms with van der Waals surface area (Å²) in [5.41, 5.74) is 0. The third-order valence-electron chi connectivity index (χ3n) is 3.72. The molecule has 0 amide bonds. The predicted octanol–water partition coefficient (Wildman–Crippen LogP) is 2.27. The van der Waals surface area contributed by atoms with Crippen LogP contribution in [0.4, 0.5) is 0 Å².